The summed E-state index contributed by atoms with van der Waals surface area (Å²) in [7, 11) is -3.45. The summed E-state index contributed by atoms with van der Waals surface area (Å²) in [6.07, 6.45) is 6.06. The quantitative estimate of drug-likeness (QED) is 0.783. The number of fused-ring (bicyclic) bond motifs is 2. The number of nitrogens with one attached hydrogen (secondary N) is 1. The highest BCUT2D eigenvalue weighted by molar-refractivity contribution is 7.92. The number of carbonyl (C=O) groups is 1. The molecule has 0 radical (unpaired) electrons. The Labute approximate surface area is 173 Å². The Hall–Kier alpha value is -2.34. The summed E-state index contributed by atoms with van der Waals surface area (Å²) in [4.78, 5) is 12.6. The fourth-order valence-corrected chi connectivity index (χ4v) is 5.60. The van der Waals surface area contributed by atoms with Gasteiger partial charge in [0, 0.05) is 11.6 Å². The first-order valence-electron chi connectivity index (χ1n) is 10.2. The van der Waals surface area contributed by atoms with Gasteiger partial charge < -0.3 is 5.32 Å². The van der Waals surface area contributed by atoms with Crippen molar-refractivity contribution < 1.29 is 13.2 Å². The van der Waals surface area contributed by atoms with Crippen molar-refractivity contribution in [1.82, 2.24) is 5.32 Å². The van der Waals surface area contributed by atoms with Crippen LogP contribution < -0.4 is 9.62 Å². The third-order valence-corrected chi connectivity index (χ3v) is 7.46. The topological polar surface area (TPSA) is 66.5 Å². The zero-order chi connectivity index (χ0) is 20.6. The summed E-state index contributed by atoms with van der Waals surface area (Å²) in [5.41, 5.74) is 3.18. The second-order valence-corrected chi connectivity index (χ2v) is 10.5. The van der Waals surface area contributed by atoms with Crippen LogP contribution in [0.5, 0.6) is 0 Å². The van der Waals surface area contributed by atoms with Crippen molar-refractivity contribution in [2.75, 3.05) is 10.6 Å². The number of nitrogens with zero attached hydrogens (tertiary/aromatic N) is 1. The lowest BCUT2D eigenvalue weighted by Crippen LogP contribution is -2.38. The minimum Gasteiger partial charge on any atom is -0.349 e. The molecule has 2 fully saturated rings. The second-order valence-electron chi connectivity index (χ2n) is 8.56. The summed E-state index contributed by atoms with van der Waals surface area (Å²) in [6, 6.07) is 15.0. The van der Waals surface area contributed by atoms with Gasteiger partial charge in [-0.15, -0.1) is 0 Å². The van der Waals surface area contributed by atoms with Crippen LogP contribution >= 0.6 is 0 Å². The summed E-state index contributed by atoms with van der Waals surface area (Å²) in [5, 5.41) is 3.18. The van der Waals surface area contributed by atoms with Gasteiger partial charge in [0.05, 0.1) is 18.5 Å². The van der Waals surface area contributed by atoms with E-state index in [0.29, 0.717) is 17.2 Å². The zero-order valence-electron chi connectivity index (χ0n) is 17.0. The van der Waals surface area contributed by atoms with E-state index in [0.717, 1.165) is 23.5 Å². The molecule has 2 aromatic carbocycles. The third-order valence-electron chi connectivity index (χ3n) is 6.32. The van der Waals surface area contributed by atoms with Crippen LogP contribution in [0.25, 0.3) is 0 Å². The maximum Gasteiger partial charge on any atom is 0.251 e. The maximum absolute atomic E-state index is 12.6. The number of aryl methyl sites for hydroxylation is 1. The van der Waals surface area contributed by atoms with Gasteiger partial charge in [0.25, 0.3) is 5.91 Å². The molecule has 0 heterocycles. The summed E-state index contributed by atoms with van der Waals surface area (Å²) in [5.74, 6) is 1.33. The molecular weight excluding hydrogens is 384 g/mol. The van der Waals surface area contributed by atoms with Crippen LogP contribution in [-0.4, -0.2) is 26.6 Å². The molecule has 5 nitrogen and oxygen atoms in total. The van der Waals surface area contributed by atoms with Crippen LogP contribution in [-0.2, 0) is 16.6 Å². The van der Waals surface area contributed by atoms with Crippen LogP contribution in [0.1, 0.15) is 47.2 Å². The van der Waals surface area contributed by atoms with Crippen LogP contribution in [0.3, 0.4) is 0 Å². The lowest BCUT2D eigenvalue weighted by Gasteiger charge is -2.24. The van der Waals surface area contributed by atoms with Gasteiger partial charge in [-0.25, -0.2) is 8.42 Å². The van der Waals surface area contributed by atoms with Crippen molar-refractivity contribution in [2.24, 2.45) is 11.8 Å². The van der Waals surface area contributed by atoms with Gasteiger partial charge in [0.1, 0.15) is 0 Å². The predicted octanol–water partition coefficient (Wildman–Crippen LogP) is 3.88. The standard InChI is InChI=1S/C23H28N2O3S/c1-16-3-5-17(6-4-16)15-25(29(2,27)28)21-11-9-19(10-12-21)23(26)24-22-14-18-7-8-20(22)13-18/h3-6,9-12,18,20,22H,7-8,13-15H2,1-2H3,(H,24,26). The van der Waals surface area contributed by atoms with Gasteiger partial charge in [0.2, 0.25) is 10.0 Å². The van der Waals surface area contributed by atoms with Crippen molar-refractivity contribution in [3.05, 3.63) is 65.2 Å². The molecule has 3 atom stereocenters. The maximum atomic E-state index is 12.6. The van der Waals surface area contributed by atoms with Crippen molar-refractivity contribution in [3.63, 3.8) is 0 Å². The van der Waals surface area contributed by atoms with Crippen LogP contribution in [0.15, 0.2) is 48.5 Å². The van der Waals surface area contributed by atoms with E-state index in [1.807, 2.05) is 31.2 Å². The molecule has 1 amide bonds. The van der Waals surface area contributed by atoms with E-state index in [-0.39, 0.29) is 18.5 Å². The SMILES string of the molecule is Cc1ccc(CN(c2ccc(C(=O)NC3CC4CCC3C4)cc2)S(C)(=O)=O)cc1. The van der Waals surface area contributed by atoms with Crippen LogP contribution in [0.4, 0.5) is 5.69 Å². The van der Waals surface area contributed by atoms with E-state index in [1.165, 1.54) is 29.8 Å². The Balaban J connectivity index is 1.48. The Kier molecular flexibility index (Phi) is 5.38. The van der Waals surface area contributed by atoms with Crippen molar-refractivity contribution >= 4 is 21.6 Å². The molecule has 4 rings (SSSR count). The first kappa shape index (κ1) is 20.0. The fourth-order valence-electron chi connectivity index (χ4n) is 4.71. The van der Waals surface area contributed by atoms with E-state index < -0.39 is 10.0 Å². The smallest absolute Gasteiger partial charge is 0.251 e. The molecule has 0 aromatic heterocycles. The highest BCUT2D eigenvalue weighted by atomic mass is 32.2. The lowest BCUT2D eigenvalue weighted by atomic mass is 9.95. The molecule has 0 saturated heterocycles. The monoisotopic (exact) mass is 412 g/mol. The summed E-state index contributed by atoms with van der Waals surface area (Å²) < 4.78 is 26.1. The number of rotatable bonds is 6. The Bertz CT molecular complexity index is 984. The number of carbonyl (C=O) groups excluding carboxylic acids is 1. The Morgan fingerprint density at radius 1 is 1.03 bits per heavy atom. The van der Waals surface area contributed by atoms with E-state index in [2.05, 4.69) is 5.32 Å². The van der Waals surface area contributed by atoms with Crippen LogP contribution in [0.2, 0.25) is 0 Å². The molecule has 3 unspecified atom stereocenters. The van der Waals surface area contributed by atoms with E-state index in [4.69, 9.17) is 0 Å². The molecule has 6 heteroatoms. The van der Waals surface area contributed by atoms with Gasteiger partial charge in [-0.05, 0) is 67.9 Å². The van der Waals surface area contributed by atoms with E-state index in [1.54, 1.807) is 24.3 Å². The van der Waals surface area contributed by atoms with Gasteiger partial charge in [-0.1, -0.05) is 36.2 Å². The first-order valence-corrected chi connectivity index (χ1v) is 12.1. The molecule has 2 aliphatic rings. The average Bonchev–Trinajstić information content (AvgIpc) is 3.30. The minimum atomic E-state index is -3.45. The lowest BCUT2D eigenvalue weighted by molar-refractivity contribution is 0.0923. The van der Waals surface area contributed by atoms with E-state index in [9.17, 15) is 13.2 Å². The normalized spacial score (nSPS) is 23.2. The van der Waals surface area contributed by atoms with Gasteiger partial charge in [0.15, 0.2) is 0 Å². The van der Waals surface area contributed by atoms with Gasteiger partial charge >= 0.3 is 0 Å². The molecule has 2 saturated carbocycles. The Morgan fingerprint density at radius 3 is 2.28 bits per heavy atom. The van der Waals surface area contributed by atoms with Crippen LogP contribution in [0, 0.1) is 18.8 Å². The number of benzene rings is 2. The molecule has 2 bridgehead atoms. The molecule has 1 N–H and O–H groups in total. The zero-order valence-corrected chi connectivity index (χ0v) is 17.8. The number of hydrogen-bond acceptors (Lipinski definition) is 3. The van der Waals surface area contributed by atoms with Gasteiger partial charge in [-0.3, -0.25) is 9.10 Å². The predicted molar refractivity (Wildman–Crippen MR) is 115 cm³/mol. The number of amides is 1. The molecular formula is C23H28N2O3S. The molecule has 2 aromatic rings. The third kappa shape index (κ3) is 4.47. The minimum absolute atomic E-state index is 0.0708. The number of anilines is 1. The van der Waals surface area contributed by atoms with Gasteiger partial charge in [-0.2, -0.15) is 0 Å². The highest BCUT2D eigenvalue weighted by Gasteiger charge is 2.40. The summed E-state index contributed by atoms with van der Waals surface area (Å²) >= 11 is 0. The molecule has 2 aliphatic carbocycles. The average molecular weight is 413 g/mol. The second kappa shape index (κ2) is 7.82. The van der Waals surface area contributed by atoms with Crippen molar-refractivity contribution in [2.45, 2.75) is 45.2 Å². The largest absolute Gasteiger partial charge is 0.349 e. The molecule has 0 spiro atoms. The number of hydrogen-bond donors (Lipinski definition) is 1. The fraction of sp³-hybridized carbons (Fsp3) is 0.435. The first-order chi connectivity index (χ1) is 13.8. The highest BCUT2D eigenvalue weighted by Crippen LogP contribution is 2.44. The van der Waals surface area contributed by atoms with Crippen molar-refractivity contribution in [1.29, 1.82) is 0 Å². The summed E-state index contributed by atoms with van der Waals surface area (Å²) in [6.45, 7) is 2.26. The van der Waals surface area contributed by atoms with E-state index >= 15 is 0 Å². The molecule has 0 aliphatic heterocycles. The molecule has 29 heavy (non-hydrogen) atoms. The Morgan fingerprint density at radius 2 is 1.72 bits per heavy atom. The van der Waals surface area contributed by atoms with Crippen molar-refractivity contribution in [3.8, 4) is 0 Å². The molecule has 154 valence electrons. The number of sulfonamides is 1.